The van der Waals surface area contributed by atoms with Gasteiger partial charge in [-0.1, -0.05) is 42.5 Å². The maximum absolute atomic E-state index is 12.7. The van der Waals surface area contributed by atoms with E-state index >= 15 is 0 Å². The zero-order chi connectivity index (χ0) is 19.6. The van der Waals surface area contributed by atoms with E-state index in [0.717, 1.165) is 23.3 Å². The number of ether oxygens (including phenoxy) is 2. The maximum atomic E-state index is 12.7. The van der Waals surface area contributed by atoms with Gasteiger partial charge in [-0.05, 0) is 36.6 Å². The van der Waals surface area contributed by atoms with Gasteiger partial charge < -0.3 is 14.4 Å². The van der Waals surface area contributed by atoms with Crippen molar-refractivity contribution in [2.75, 3.05) is 19.0 Å². The van der Waals surface area contributed by atoms with Crippen LogP contribution < -0.4 is 4.74 Å². The Balaban J connectivity index is 1.38. The summed E-state index contributed by atoms with van der Waals surface area (Å²) in [6, 6.07) is 17.2. The van der Waals surface area contributed by atoms with E-state index in [0.29, 0.717) is 12.2 Å². The first-order valence-electron chi connectivity index (χ1n) is 9.48. The van der Waals surface area contributed by atoms with Crippen LogP contribution in [0.5, 0.6) is 5.75 Å². The molecule has 2 heterocycles. The average molecular weight is 397 g/mol. The molecule has 0 saturated carbocycles. The number of hydrogen-bond donors (Lipinski definition) is 0. The molecule has 4 rings (SSSR count). The topological polar surface area (TPSA) is 55.8 Å². The van der Waals surface area contributed by atoms with Gasteiger partial charge >= 0.3 is 5.97 Å². The number of rotatable bonds is 6. The summed E-state index contributed by atoms with van der Waals surface area (Å²) in [5.41, 5.74) is 2.19. The third kappa shape index (κ3) is 3.49. The first-order valence-corrected chi connectivity index (χ1v) is 10.5. The van der Waals surface area contributed by atoms with Crippen molar-refractivity contribution >= 4 is 23.6 Å². The van der Waals surface area contributed by atoms with Crippen LogP contribution >= 0.6 is 11.8 Å². The lowest BCUT2D eigenvalue weighted by Gasteiger charge is -2.33. The highest BCUT2D eigenvalue weighted by molar-refractivity contribution is 8.00. The summed E-state index contributed by atoms with van der Waals surface area (Å²) in [5.74, 6) is 0.976. The van der Waals surface area contributed by atoms with Gasteiger partial charge in [0.05, 0.1) is 0 Å². The second-order valence-corrected chi connectivity index (χ2v) is 8.37. The molecule has 5 nitrogen and oxygen atoms in total. The van der Waals surface area contributed by atoms with E-state index in [1.165, 1.54) is 0 Å². The second-order valence-electron chi connectivity index (χ2n) is 7.07. The quantitative estimate of drug-likeness (QED) is 0.552. The van der Waals surface area contributed by atoms with E-state index in [4.69, 9.17) is 9.47 Å². The van der Waals surface area contributed by atoms with Gasteiger partial charge in [0.15, 0.2) is 0 Å². The summed E-state index contributed by atoms with van der Waals surface area (Å²) >= 11 is 1.66. The van der Waals surface area contributed by atoms with E-state index in [2.05, 4.69) is 0 Å². The smallest absolute Gasteiger partial charge is 0.329 e. The van der Waals surface area contributed by atoms with Crippen LogP contribution in [-0.2, 0) is 19.2 Å². The van der Waals surface area contributed by atoms with Crippen molar-refractivity contribution in [3.05, 3.63) is 65.7 Å². The van der Waals surface area contributed by atoms with Gasteiger partial charge in [0.1, 0.15) is 29.9 Å². The summed E-state index contributed by atoms with van der Waals surface area (Å²) in [4.78, 5) is 26.6. The zero-order valence-corrected chi connectivity index (χ0v) is 16.6. The molecule has 1 amide bonds. The number of nitrogens with zero attached hydrogens (tertiary/aromatic N) is 1. The molecule has 146 valence electrons. The molecule has 0 spiro atoms. The number of aryl methyl sites for hydroxylation is 1. The van der Waals surface area contributed by atoms with Crippen LogP contribution in [0.3, 0.4) is 0 Å². The third-order valence-electron chi connectivity index (χ3n) is 5.21. The molecule has 0 aromatic heterocycles. The lowest BCUT2D eigenvalue weighted by molar-refractivity contribution is -0.154. The van der Waals surface area contributed by atoms with Gasteiger partial charge in [-0.15, -0.1) is 11.8 Å². The Morgan fingerprint density at radius 1 is 1.18 bits per heavy atom. The van der Waals surface area contributed by atoms with Crippen molar-refractivity contribution in [2.24, 2.45) is 0 Å². The Kier molecular flexibility index (Phi) is 5.31. The number of carbonyl (C=O) groups is 2. The zero-order valence-electron chi connectivity index (χ0n) is 15.8. The van der Waals surface area contributed by atoms with Gasteiger partial charge in [-0.2, -0.15) is 0 Å². The average Bonchev–Trinajstić information content (AvgIpc) is 3.25. The van der Waals surface area contributed by atoms with Gasteiger partial charge in [-0.3, -0.25) is 4.79 Å². The number of fused-ring (bicyclic) bond motifs is 1. The molecule has 2 aliphatic heterocycles. The van der Waals surface area contributed by atoms with Crippen molar-refractivity contribution in [3.8, 4) is 5.75 Å². The monoisotopic (exact) mass is 397 g/mol. The molecule has 2 fully saturated rings. The molecule has 28 heavy (non-hydrogen) atoms. The third-order valence-corrected chi connectivity index (χ3v) is 6.81. The van der Waals surface area contributed by atoms with Gasteiger partial charge in [0.25, 0.3) is 0 Å². The minimum absolute atomic E-state index is 0.0202. The molecule has 0 unspecified atom stereocenters. The van der Waals surface area contributed by atoms with Gasteiger partial charge in [0, 0.05) is 12.2 Å². The van der Waals surface area contributed by atoms with Gasteiger partial charge in [-0.25, -0.2) is 4.79 Å². The molecule has 2 aromatic carbocycles. The maximum Gasteiger partial charge on any atom is 0.329 e. The first kappa shape index (κ1) is 18.9. The van der Waals surface area contributed by atoms with Crippen molar-refractivity contribution in [1.29, 1.82) is 0 Å². The highest BCUT2D eigenvalue weighted by atomic mass is 32.2. The van der Waals surface area contributed by atoms with Crippen LogP contribution in [0, 0.1) is 6.92 Å². The fourth-order valence-electron chi connectivity index (χ4n) is 3.92. The fourth-order valence-corrected chi connectivity index (χ4v) is 5.56. The Morgan fingerprint density at radius 2 is 2.00 bits per heavy atom. The number of carbonyl (C=O) groups excluding carboxylic acids is 2. The Labute approximate surface area is 169 Å². The molecule has 6 heteroatoms. The molecule has 2 aromatic rings. The molecule has 2 aliphatic rings. The Morgan fingerprint density at radius 3 is 2.79 bits per heavy atom. The first-order chi connectivity index (χ1) is 13.6. The normalized spacial score (nSPS) is 23.5. The summed E-state index contributed by atoms with van der Waals surface area (Å²) < 4.78 is 11.1. The predicted octanol–water partition coefficient (Wildman–Crippen LogP) is 3.51. The number of benzene rings is 2. The fraction of sp³-hybridized carbons (Fsp3) is 0.364. The van der Waals surface area contributed by atoms with E-state index in [1.807, 2.05) is 61.5 Å². The van der Waals surface area contributed by atoms with Crippen molar-refractivity contribution in [2.45, 2.75) is 30.7 Å². The Hall–Kier alpha value is -2.47. The standard InChI is InChI=1S/C22H23NO4S/c1-16-6-5-9-18(14-16)26-12-13-27-21(25)19-15-28-22(11-10-20(24)23(19)22)17-7-3-2-4-8-17/h2-9,14,19H,10-13,15H2,1H3/t19-,22-/m1/s1. The van der Waals surface area contributed by atoms with Crippen molar-refractivity contribution in [3.63, 3.8) is 0 Å². The number of thioether (sulfide) groups is 1. The number of esters is 1. The molecular formula is C22H23NO4S. The lowest BCUT2D eigenvalue weighted by atomic mass is 10.0. The lowest BCUT2D eigenvalue weighted by Crippen LogP contribution is -2.46. The number of amides is 1. The van der Waals surface area contributed by atoms with Crippen molar-refractivity contribution < 1.29 is 19.1 Å². The molecule has 2 saturated heterocycles. The highest BCUT2D eigenvalue weighted by Crippen LogP contribution is 2.54. The van der Waals surface area contributed by atoms with Crippen LogP contribution in [0.4, 0.5) is 0 Å². The summed E-state index contributed by atoms with van der Waals surface area (Å²) in [6.45, 7) is 2.44. The van der Waals surface area contributed by atoms with E-state index in [-0.39, 0.29) is 25.1 Å². The molecule has 0 aliphatic carbocycles. The molecule has 0 bridgehead atoms. The van der Waals surface area contributed by atoms with Crippen LogP contribution in [0.25, 0.3) is 0 Å². The van der Waals surface area contributed by atoms with E-state index in [9.17, 15) is 9.59 Å². The molecule has 0 N–H and O–H groups in total. The Bertz CT molecular complexity index is 872. The SMILES string of the molecule is Cc1cccc(OCCOC(=O)[C@H]2CS[C@@]3(c4ccccc4)CCC(=O)N23)c1. The predicted molar refractivity (Wildman–Crippen MR) is 108 cm³/mol. The number of hydrogen-bond acceptors (Lipinski definition) is 5. The van der Waals surface area contributed by atoms with Gasteiger partial charge in [0.2, 0.25) is 5.91 Å². The molecule has 0 radical (unpaired) electrons. The second kappa shape index (κ2) is 7.87. The summed E-state index contributed by atoms with van der Waals surface area (Å²) in [5, 5.41) is 0. The van der Waals surface area contributed by atoms with Crippen LogP contribution in [-0.4, -0.2) is 41.8 Å². The summed E-state index contributed by atoms with van der Waals surface area (Å²) in [7, 11) is 0. The van der Waals surface area contributed by atoms with Crippen LogP contribution in [0.15, 0.2) is 54.6 Å². The van der Waals surface area contributed by atoms with Crippen LogP contribution in [0.1, 0.15) is 24.0 Å². The van der Waals surface area contributed by atoms with Crippen molar-refractivity contribution in [1.82, 2.24) is 4.90 Å². The minimum atomic E-state index is -0.542. The molecule has 2 atom stereocenters. The van der Waals surface area contributed by atoms with Crippen LogP contribution in [0.2, 0.25) is 0 Å². The highest BCUT2D eigenvalue weighted by Gasteiger charge is 2.57. The molecular weight excluding hydrogens is 374 g/mol. The van der Waals surface area contributed by atoms with E-state index < -0.39 is 10.9 Å². The summed E-state index contributed by atoms with van der Waals surface area (Å²) in [6.07, 6.45) is 1.18. The van der Waals surface area contributed by atoms with E-state index in [1.54, 1.807) is 16.7 Å². The minimum Gasteiger partial charge on any atom is -0.490 e. The largest absolute Gasteiger partial charge is 0.490 e.